The molecular formula is C21H18F3N3S2. The van der Waals surface area contributed by atoms with Crippen molar-refractivity contribution >= 4 is 33.2 Å². The Morgan fingerprint density at radius 2 is 1.86 bits per heavy atom. The van der Waals surface area contributed by atoms with E-state index in [9.17, 15) is 13.2 Å². The molecule has 4 aromatic rings. The normalized spacial score (nSPS) is 12.2. The SMILES string of the molecule is CC(C)n1c(SCc2cccc(C(F)(F)F)c2)nnc1-c1csc2ccccc12. The molecule has 0 radical (unpaired) electrons. The zero-order valence-corrected chi connectivity index (χ0v) is 17.4. The Bertz CT molecular complexity index is 1150. The summed E-state index contributed by atoms with van der Waals surface area (Å²) in [6.45, 7) is 4.10. The number of benzene rings is 2. The van der Waals surface area contributed by atoms with Crippen molar-refractivity contribution in [1.29, 1.82) is 0 Å². The van der Waals surface area contributed by atoms with E-state index in [-0.39, 0.29) is 6.04 Å². The molecule has 0 unspecified atom stereocenters. The molecule has 3 nitrogen and oxygen atoms in total. The summed E-state index contributed by atoms with van der Waals surface area (Å²) in [6, 6.07) is 13.7. The smallest absolute Gasteiger partial charge is 0.299 e. The number of hydrogen-bond donors (Lipinski definition) is 0. The van der Waals surface area contributed by atoms with Gasteiger partial charge in [-0.3, -0.25) is 4.57 Å². The molecule has 0 aliphatic carbocycles. The van der Waals surface area contributed by atoms with Crippen LogP contribution in [0.3, 0.4) is 0 Å². The van der Waals surface area contributed by atoms with Gasteiger partial charge in [-0.2, -0.15) is 13.2 Å². The van der Waals surface area contributed by atoms with Crippen molar-refractivity contribution in [2.75, 3.05) is 0 Å². The standard InChI is InChI=1S/C21H18F3N3S2/c1-13(2)27-19(17-12-28-18-9-4-3-8-16(17)18)25-26-20(27)29-11-14-6-5-7-15(10-14)21(22,23)24/h3-10,12-13H,11H2,1-2H3. The van der Waals surface area contributed by atoms with Gasteiger partial charge in [0.05, 0.1) is 5.56 Å². The number of thioether (sulfide) groups is 1. The molecule has 0 saturated carbocycles. The summed E-state index contributed by atoms with van der Waals surface area (Å²) < 4.78 is 42.1. The summed E-state index contributed by atoms with van der Waals surface area (Å²) >= 11 is 3.05. The lowest BCUT2D eigenvalue weighted by molar-refractivity contribution is -0.137. The van der Waals surface area contributed by atoms with Crippen LogP contribution in [0.5, 0.6) is 0 Å². The van der Waals surface area contributed by atoms with Gasteiger partial charge in [0, 0.05) is 32.8 Å². The van der Waals surface area contributed by atoms with E-state index in [4.69, 9.17) is 0 Å². The van der Waals surface area contributed by atoms with Crippen molar-refractivity contribution in [3.8, 4) is 11.4 Å². The quantitative estimate of drug-likeness (QED) is 0.316. The highest BCUT2D eigenvalue weighted by Crippen LogP contribution is 2.37. The van der Waals surface area contributed by atoms with Gasteiger partial charge in [-0.1, -0.05) is 48.2 Å². The Labute approximate surface area is 174 Å². The van der Waals surface area contributed by atoms with Crippen LogP contribution in [0.4, 0.5) is 13.2 Å². The molecule has 0 bridgehead atoms. The van der Waals surface area contributed by atoms with Gasteiger partial charge in [-0.15, -0.1) is 21.5 Å². The largest absolute Gasteiger partial charge is 0.416 e. The Morgan fingerprint density at radius 3 is 2.62 bits per heavy atom. The maximum Gasteiger partial charge on any atom is 0.416 e. The number of aromatic nitrogens is 3. The molecule has 0 N–H and O–H groups in total. The summed E-state index contributed by atoms with van der Waals surface area (Å²) in [6.07, 6.45) is -4.34. The maximum atomic E-state index is 13.0. The van der Waals surface area contributed by atoms with Crippen molar-refractivity contribution in [3.05, 3.63) is 65.0 Å². The van der Waals surface area contributed by atoms with Gasteiger partial charge in [0.1, 0.15) is 0 Å². The monoisotopic (exact) mass is 433 g/mol. The predicted octanol–water partition coefficient (Wildman–Crippen LogP) is 7.05. The van der Waals surface area contributed by atoms with Crippen LogP contribution < -0.4 is 0 Å². The average Bonchev–Trinajstić information content (AvgIpc) is 3.29. The number of thiophene rings is 1. The van der Waals surface area contributed by atoms with Crippen LogP contribution in [0, 0.1) is 0 Å². The number of nitrogens with zero attached hydrogens (tertiary/aromatic N) is 3. The van der Waals surface area contributed by atoms with Crippen molar-refractivity contribution in [2.45, 2.75) is 37.0 Å². The Kier molecular flexibility index (Phi) is 5.40. The van der Waals surface area contributed by atoms with E-state index in [0.29, 0.717) is 16.5 Å². The van der Waals surface area contributed by atoms with E-state index in [1.54, 1.807) is 17.4 Å². The highest BCUT2D eigenvalue weighted by atomic mass is 32.2. The third kappa shape index (κ3) is 4.04. The first-order valence-corrected chi connectivity index (χ1v) is 10.9. The molecule has 2 aromatic heterocycles. The second kappa shape index (κ2) is 7.84. The van der Waals surface area contributed by atoms with Crippen LogP contribution in [-0.2, 0) is 11.9 Å². The molecule has 0 saturated heterocycles. The number of alkyl halides is 3. The molecule has 0 fully saturated rings. The first kappa shape index (κ1) is 20.0. The Balaban J connectivity index is 1.64. The fraction of sp³-hybridized carbons (Fsp3) is 0.238. The molecule has 0 aliphatic rings. The number of fused-ring (bicyclic) bond motifs is 1. The minimum absolute atomic E-state index is 0.114. The van der Waals surface area contributed by atoms with Gasteiger partial charge in [0.25, 0.3) is 0 Å². The molecule has 0 amide bonds. The van der Waals surface area contributed by atoms with Crippen LogP contribution in [0.1, 0.15) is 31.0 Å². The summed E-state index contributed by atoms with van der Waals surface area (Å²) in [4.78, 5) is 0. The lowest BCUT2D eigenvalue weighted by Crippen LogP contribution is -2.06. The molecule has 0 spiro atoms. The molecular weight excluding hydrogens is 415 g/mol. The fourth-order valence-corrected chi connectivity index (χ4v) is 5.11. The number of halogens is 3. The van der Waals surface area contributed by atoms with Gasteiger partial charge in [-0.25, -0.2) is 0 Å². The number of rotatable bonds is 5. The van der Waals surface area contributed by atoms with E-state index in [0.717, 1.165) is 22.8 Å². The van der Waals surface area contributed by atoms with E-state index >= 15 is 0 Å². The van der Waals surface area contributed by atoms with Crippen molar-refractivity contribution in [2.24, 2.45) is 0 Å². The first-order chi connectivity index (χ1) is 13.8. The van der Waals surface area contributed by atoms with Crippen LogP contribution in [0.25, 0.3) is 21.5 Å². The zero-order valence-electron chi connectivity index (χ0n) is 15.8. The van der Waals surface area contributed by atoms with Crippen molar-refractivity contribution < 1.29 is 13.2 Å². The van der Waals surface area contributed by atoms with Gasteiger partial charge in [0.15, 0.2) is 11.0 Å². The minimum Gasteiger partial charge on any atom is -0.299 e. The molecule has 8 heteroatoms. The zero-order chi connectivity index (χ0) is 20.6. The van der Waals surface area contributed by atoms with Gasteiger partial charge < -0.3 is 0 Å². The Morgan fingerprint density at radius 1 is 1.07 bits per heavy atom. The summed E-state index contributed by atoms with van der Waals surface area (Å²) in [5.74, 6) is 1.17. The van der Waals surface area contributed by atoms with Gasteiger partial charge in [0.2, 0.25) is 0 Å². The molecule has 0 atom stereocenters. The van der Waals surface area contributed by atoms with E-state index in [2.05, 4.69) is 41.6 Å². The van der Waals surface area contributed by atoms with Crippen LogP contribution in [0.15, 0.2) is 59.1 Å². The van der Waals surface area contributed by atoms with Gasteiger partial charge >= 0.3 is 6.18 Å². The van der Waals surface area contributed by atoms with E-state index in [1.807, 2.05) is 16.7 Å². The summed E-state index contributed by atoms with van der Waals surface area (Å²) in [5.41, 5.74) is 0.995. The lowest BCUT2D eigenvalue weighted by atomic mass is 10.1. The molecule has 0 aliphatic heterocycles. The highest BCUT2D eigenvalue weighted by molar-refractivity contribution is 7.98. The second-order valence-corrected chi connectivity index (χ2v) is 8.76. The molecule has 150 valence electrons. The van der Waals surface area contributed by atoms with Crippen LogP contribution in [-0.4, -0.2) is 14.8 Å². The van der Waals surface area contributed by atoms with Gasteiger partial charge in [-0.05, 0) is 31.5 Å². The van der Waals surface area contributed by atoms with Crippen LogP contribution in [0.2, 0.25) is 0 Å². The highest BCUT2D eigenvalue weighted by Gasteiger charge is 2.30. The minimum atomic E-state index is -4.34. The topological polar surface area (TPSA) is 30.7 Å². The van der Waals surface area contributed by atoms with Crippen LogP contribution >= 0.6 is 23.1 Å². The molecule has 2 aromatic carbocycles. The maximum absolute atomic E-state index is 13.0. The predicted molar refractivity (Wildman–Crippen MR) is 112 cm³/mol. The fourth-order valence-electron chi connectivity index (χ4n) is 3.16. The third-order valence-corrected chi connectivity index (χ3v) is 6.50. The summed E-state index contributed by atoms with van der Waals surface area (Å²) in [7, 11) is 0. The second-order valence-electron chi connectivity index (χ2n) is 6.90. The summed E-state index contributed by atoms with van der Waals surface area (Å²) in [5, 5.41) is 12.7. The van der Waals surface area contributed by atoms with E-state index in [1.165, 1.54) is 28.6 Å². The average molecular weight is 434 g/mol. The molecule has 29 heavy (non-hydrogen) atoms. The van der Waals surface area contributed by atoms with Crippen molar-refractivity contribution in [3.63, 3.8) is 0 Å². The van der Waals surface area contributed by atoms with Crippen molar-refractivity contribution in [1.82, 2.24) is 14.8 Å². The molecule has 4 rings (SSSR count). The lowest BCUT2D eigenvalue weighted by Gasteiger charge is -2.14. The Hall–Kier alpha value is -2.32. The third-order valence-electron chi connectivity index (χ3n) is 4.53. The molecule has 2 heterocycles. The van der Waals surface area contributed by atoms with E-state index < -0.39 is 11.7 Å². The first-order valence-electron chi connectivity index (χ1n) is 9.05. The number of hydrogen-bond acceptors (Lipinski definition) is 4.